The van der Waals surface area contributed by atoms with E-state index in [1.165, 1.54) is 0 Å². The molecule has 58 heavy (non-hydrogen) atoms. The highest BCUT2D eigenvalue weighted by molar-refractivity contribution is 5.89. The number of ether oxygens (including phenoxy) is 3. The number of hydrogen-bond acceptors (Lipinski definition) is 9. The minimum atomic E-state index is -0.573. The van der Waals surface area contributed by atoms with Crippen molar-refractivity contribution in [1.29, 1.82) is 0 Å². The number of hydrogen-bond donors (Lipinski definition) is 3. The smallest absolute Gasteiger partial charge is 0.319 e. The molecule has 4 atom stereocenters. The van der Waals surface area contributed by atoms with Crippen molar-refractivity contribution in [2.75, 3.05) is 42.9 Å². The topological polar surface area (TPSA) is 121 Å². The van der Waals surface area contributed by atoms with Gasteiger partial charge < -0.3 is 34.9 Å². The van der Waals surface area contributed by atoms with Gasteiger partial charge in [-0.3, -0.25) is 4.90 Å². The number of nitrogens with zero attached hydrogens (tertiary/aromatic N) is 4. The number of amides is 2. The van der Waals surface area contributed by atoms with Crippen molar-refractivity contribution in [3.63, 3.8) is 0 Å². The minimum absolute atomic E-state index is 0.00502. The van der Waals surface area contributed by atoms with Crippen molar-refractivity contribution in [2.45, 2.75) is 38.6 Å². The lowest BCUT2D eigenvalue weighted by Crippen LogP contribution is -2.51. The molecule has 2 amide bonds. The molecule has 3 heterocycles. The molecule has 5 aromatic carbocycles. The molecular weight excluding hydrogens is 729 g/mol. The number of carbonyl (C=O) groups excluding carboxylic acids is 1. The molecular formula is C47H48N6O5. The third-order valence-corrected chi connectivity index (χ3v) is 10.8. The van der Waals surface area contributed by atoms with Gasteiger partial charge in [0.15, 0.2) is 6.29 Å². The van der Waals surface area contributed by atoms with Crippen LogP contribution in [0.2, 0.25) is 0 Å². The van der Waals surface area contributed by atoms with E-state index in [0.717, 1.165) is 77.8 Å². The fraction of sp³-hybridized carbons (Fsp3) is 0.255. The summed E-state index contributed by atoms with van der Waals surface area (Å²) in [5.74, 6) is 2.28. The third kappa shape index (κ3) is 9.53. The molecule has 0 radical (unpaired) electrons. The van der Waals surface area contributed by atoms with Crippen molar-refractivity contribution in [3.8, 4) is 22.6 Å². The monoisotopic (exact) mass is 776 g/mol. The first-order valence-electron chi connectivity index (χ1n) is 19.8. The standard InChI is InChI=1S/C47H48N6O5/c1-33-43(31-52-26-28-53(29-27-52)46-48-24-7-25-49-46)57-45(58-44(33)36-14-12-34(32-54)13-15-36)37-18-16-35(17-19-37)42-11-6-5-8-38(42)30-50-47(55)51-39-20-22-41(23-21-39)56-40-9-3-2-4-10-40/h2-25,33,43-45,54H,26-32H2,1H3,(H2,50,51,55). The molecule has 11 heteroatoms. The van der Waals surface area contributed by atoms with Crippen molar-refractivity contribution in [2.24, 2.45) is 5.92 Å². The van der Waals surface area contributed by atoms with Crippen LogP contribution < -0.4 is 20.3 Å². The Kier molecular flexibility index (Phi) is 12.3. The first-order valence-corrected chi connectivity index (χ1v) is 19.8. The van der Waals surface area contributed by atoms with Gasteiger partial charge in [0.2, 0.25) is 5.95 Å². The van der Waals surface area contributed by atoms with Crippen LogP contribution in [0.4, 0.5) is 16.4 Å². The van der Waals surface area contributed by atoms with Crippen molar-refractivity contribution in [3.05, 3.63) is 168 Å². The highest BCUT2D eigenvalue weighted by Crippen LogP contribution is 2.42. The van der Waals surface area contributed by atoms with Crippen molar-refractivity contribution < 1.29 is 24.1 Å². The second-order valence-electron chi connectivity index (χ2n) is 14.7. The maximum absolute atomic E-state index is 12.9. The summed E-state index contributed by atoms with van der Waals surface area (Å²) in [4.78, 5) is 26.5. The summed E-state index contributed by atoms with van der Waals surface area (Å²) in [5.41, 5.74) is 6.55. The van der Waals surface area contributed by atoms with Crippen molar-refractivity contribution >= 4 is 17.7 Å². The van der Waals surface area contributed by atoms with E-state index in [4.69, 9.17) is 14.2 Å². The first kappa shape index (κ1) is 38.7. The first-order chi connectivity index (χ1) is 28.5. The van der Waals surface area contributed by atoms with E-state index in [2.05, 4.69) is 79.8 Å². The third-order valence-electron chi connectivity index (χ3n) is 10.8. The predicted molar refractivity (Wildman–Crippen MR) is 224 cm³/mol. The Labute approximate surface area is 339 Å². The van der Waals surface area contributed by atoms with Gasteiger partial charge in [-0.2, -0.15) is 0 Å². The SMILES string of the molecule is CC1C(CN2CCN(c3ncccn3)CC2)OC(c2ccc(-c3ccccc3CNC(=O)Nc3ccc(Oc4ccccc4)cc3)cc2)OC1c1ccc(CO)cc1. The number of urea groups is 1. The number of rotatable bonds is 12. The molecule has 0 spiro atoms. The molecule has 296 valence electrons. The fourth-order valence-corrected chi connectivity index (χ4v) is 7.53. The predicted octanol–water partition coefficient (Wildman–Crippen LogP) is 8.36. The Morgan fingerprint density at radius 3 is 2.16 bits per heavy atom. The quantitative estimate of drug-likeness (QED) is 0.113. The summed E-state index contributed by atoms with van der Waals surface area (Å²) >= 11 is 0. The molecule has 11 nitrogen and oxygen atoms in total. The van der Waals surface area contributed by atoms with E-state index < -0.39 is 6.29 Å². The summed E-state index contributed by atoms with van der Waals surface area (Å²) in [6, 6.07) is 42.8. The van der Waals surface area contributed by atoms with Crippen LogP contribution in [0.15, 0.2) is 146 Å². The van der Waals surface area contributed by atoms with Crippen LogP contribution >= 0.6 is 0 Å². The van der Waals surface area contributed by atoms with Crippen LogP contribution in [0.3, 0.4) is 0 Å². The van der Waals surface area contributed by atoms with E-state index >= 15 is 0 Å². The molecule has 2 aliphatic heterocycles. The number of aliphatic hydroxyl groups excluding tert-OH is 1. The Balaban J connectivity index is 0.923. The van der Waals surface area contributed by atoms with E-state index in [-0.39, 0.29) is 30.8 Å². The molecule has 8 rings (SSSR count). The average molecular weight is 777 g/mol. The Morgan fingerprint density at radius 2 is 1.43 bits per heavy atom. The number of anilines is 2. The normalized spacial score (nSPS) is 19.7. The molecule has 6 aromatic rings. The summed E-state index contributed by atoms with van der Waals surface area (Å²) in [6.07, 6.45) is 2.72. The summed E-state index contributed by atoms with van der Waals surface area (Å²) in [7, 11) is 0. The highest BCUT2D eigenvalue weighted by atomic mass is 16.7. The van der Waals surface area contributed by atoms with Crippen molar-refractivity contribution in [1.82, 2.24) is 20.2 Å². The van der Waals surface area contributed by atoms with Crippen LogP contribution in [-0.2, 0) is 22.6 Å². The molecule has 2 saturated heterocycles. The second kappa shape index (κ2) is 18.4. The van der Waals surface area contributed by atoms with Gasteiger partial charge in [0.25, 0.3) is 0 Å². The van der Waals surface area contributed by atoms with E-state index in [9.17, 15) is 9.90 Å². The number of benzene rings is 5. The average Bonchev–Trinajstić information content (AvgIpc) is 3.28. The molecule has 2 fully saturated rings. The van der Waals surface area contributed by atoms with Crippen LogP contribution in [0.25, 0.3) is 11.1 Å². The summed E-state index contributed by atoms with van der Waals surface area (Å²) in [5, 5.41) is 15.6. The maximum Gasteiger partial charge on any atom is 0.319 e. The second-order valence-corrected chi connectivity index (χ2v) is 14.7. The lowest BCUT2D eigenvalue weighted by molar-refractivity contribution is -0.276. The molecule has 4 unspecified atom stereocenters. The van der Waals surface area contributed by atoms with E-state index in [1.54, 1.807) is 12.4 Å². The van der Waals surface area contributed by atoms with Gasteiger partial charge in [0.1, 0.15) is 11.5 Å². The van der Waals surface area contributed by atoms with Crippen LogP contribution in [0.5, 0.6) is 11.5 Å². The fourth-order valence-electron chi connectivity index (χ4n) is 7.53. The van der Waals surface area contributed by atoms with Gasteiger partial charge >= 0.3 is 6.03 Å². The van der Waals surface area contributed by atoms with Crippen LogP contribution in [0, 0.1) is 5.92 Å². The molecule has 0 bridgehead atoms. The molecule has 2 aliphatic rings. The van der Waals surface area contributed by atoms with Crippen LogP contribution in [0.1, 0.15) is 41.6 Å². The molecule has 0 saturated carbocycles. The lowest BCUT2D eigenvalue weighted by atomic mass is 9.89. The van der Waals surface area contributed by atoms with Gasteiger partial charge in [-0.1, -0.05) is 97.9 Å². The zero-order chi connectivity index (χ0) is 39.7. The minimum Gasteiger partial charge on any atom is -0.457 e. The summed E-state index contributed by atoms with van der Waals surface area (Å²) in [6.45, 7) is 6.77. The van der Waals surface area contributed by atoms with Gasteiger partial charge in [-0.25, -0.2) is 14.8 Å². The lowest BCUT2D eigenvalue weighted by Gasteiger charge is -2.44. The summed E-state index contributed by atoms with van der Waals surface area (Å²) < 4.78 is 19.4. The number of piperazine rings is 1. The zero-order valence-electron chi connectivity index (χ0n) is 32.5. The number of carbonyl (C=O) groups is 1. The highest BCUT2D eigenvalue weighted by Gasteiger charge is 2.39. The Hall–Kier alpha value is -6.11. The maximum atomic E-state index is 12.9. The van der Waals surface area contributed by atoms with Gasteiger partial charge in [-0.15, -0.1) is 0 Å². The number of aromatic nitrogens is 2. The molecule has 0 aliphatic carbocycles. The largest absolute Gasteiger partial charge is 0.457 e. The number of para-hydroxylation sites is 1. The van der Waals surface area contributed by atoms with Gasteiger partial charge in [0.05, 0.1) is 18.8 Å². The Morgan fingerprint density at radius 1 is 0.759 bits per heavy atom. The van der Waals surface area contributed by atoms with Gasteiger partial charge in [0, 0.05) is 68.8 Å². The van der Waals surface area contributed by atoms with Crippen LogP contribution in [-0.4, -0.2) is 64.8 Å². The van der Waals surface area contributed by atoms with E-state index in [0.29, 0.717) is 18.0 Å². The van der Waals surface area contributed by atoms with E-state index in [1.807, 2.05) is 91.0 Å². The molecule has 3 N–H and O–H groups in total. The number of nitrogens with one attached hydrogen (secondary N) is 2. The molecule has 1 aromatic heterocycles. The Bertz CT molecular complexity index is 2220. The number of aliphatic hydroxyl groups is 1. The zero-order valence-corrected chi connectivity index (χ0v) is 32.5. The van der Waals surface area contributed by atoms with Gasteiger partial charge in [-0.05, 0) is 70.3 Å².